The fourth-order valence-corrected chi connectivity index (χ4v) is 4.58. The van der Waals surface area contributed by atoms with Crippen LogP contribution < -0.4 is 0 Å². The fourth-order valence-electron chi connectivity index (χ4n) is 4.58. The standard InChI is InChI=1S/C25H24N4O3/c30-25(19-10-11-21-20(14-19)23(32-27-21)17-6-2-1-3-7-17)29-12-4-5-16(15-29)13-22-26-24(28-31-22)18-8-9-18/h1-3,6-7,10-11,14,16,18H,4-5,8-9,12-13,15H2. The minimum atomic E-state index is 0.0426. The van der Waals surface area contributed by atoms with Crippen LogP contribution in [0.5, 0.6) is 0 Å². The summed E-state index contributed by atoms with van der Waals surface area (Å²) in [6.07, 6.45) is 5.09. The number of likely N-dealkylation sites (tertiary alicyclic amines) is 1. The van der Waals surface area contributed by atoms with Crippen molar-refractivity contribution >= 4 is 16.8 Å². The van der Waals surface area contributed by atoms with Crippen molar-refractivity contribution in [2.45, 2.75) is 38.0 Å². The van der Waals surface area contributed by atoms with Crippen LogP contribution in [0.15, 0.2) is 57.6 Å². The average molecular weight is 428 g/mol. The molecule has 1 saturated carbocycles. The monoisotopic (exact) mass is 428 g/mol. The predicted molar refractivity (Wildman–Crippen MR) is 118 cm³/mol. The maximum Gasteiger partial charge on any atom is 0.253 e. The highest BCUT2D eigenvalue weighted by Gasteiger charge is 2.30. The van der Waals surface area contributed by atoms with Gasteiger partial charge in [-0.2, -0.15) is 4.98 Å². The zero-order valence-electron chi connectivity index (χ0n) is 17.7. The van der Waals surface area contributed by atoms with Gasteiger partial charge in [-0.1, -0.05) is 40.6 Å². The summed E-state index contributed by atoms with van der Waals surface area (Å²) in [6, 6.07) is 15.5. The topological polar surface area (TPSA) is 85.3 Å². The second-order valence-corrected chi connectivity index (χ2v) is 8.89. The third-order valence-corrected chi connectivity index (χ3v) is 6.46. The lowest BCUT2D eigenvalue weighted by Gasteiger charge is -2.32. The van der Waals surface area contributed by atoms with E-state index in [9.17, 15) is 4.79 Å². The van der Waals surface area contributed by atoms with Gasteiger partial charge in [0.25, 0.3) is 5.91 Å². The minimum Gasteiger partial charge on any atom is -0.355 e. The molecule has 1 aliphatic heterocycles. The van der Waals surface area contributed by atoms with E-state index >= 15 is 0 Å². The quantitative estimate of drug-likeness (QED) is 0.452. The number of hydrogen-bond donors (Lipinski definition) is 0. The lowest BCUT2D eigenvalue weighted by atomic mass is 9.94. The van der Waals surface area contributed by atoms with E-state index in [1.165, 1.54) is 0 Å². The highest BCUT2D eigenvalue weighted by molar-refractivity contribution is 6.01. The summed E-state index contributed by atoms with van der Waals surface area (Å²) < 4.78 is 11.1. The van der Waals surface area contributed by atoms with Crippen molar-refractivity contribution in [2.24, 2.45) is 5.92 Å². The molecule has 7 nitrogen and oxygen atoms in total. The number of hydrogen-bond acceptors (Lipinski definition) is 6. The van der Waals surface area contributed by atoms with Gasteiger partial charge in [-0.15, -0.1) is 0 Å². The molecule has 1 saturated heterocycles. The Morgan fingerprint density at radius 2 is 1.91 bits per heavy atom. The number of amides is 1. The Balaban J connectivity index is 1.20. The van der Waals surface area contributed by atoms with Crippen LogP contribution in [0.1, 0.15) is 53.7 Å². The van der Waals surface area contributed by atoms with Gasteiger partial charge in [0.1, 0.15) is 5.52 Å². The number of fused-ring (bicyclic) bond motifs is 1. The first-order valence-corrected chi connectivity index (χ1v) is 11.3. The molecule has 0 N–H and O–H groups in total. The third-order valence-electron chi connectivity index (χ3n) is 6.46. The van der Waals surface area contributed by atoms with Gasteiger partial charge in [0.15, 0.2) is 11.6 Å². The Morgan fingerprint density at radius 1 is 1.03 bits per heavy atom. The Morgan fingerprint density at radius 3 is 2.75 bits per heavy atom. The highest BCUT2D eigenvalue weighted by Crippen LogP contribution is 2.38. The normalized spacial score (nSPS) is 18.9. The molecule has 32 heavy (non-hydrogen) atoms. The molecule has 0 bridgehead atoms. The van der Waals surface area contributed by atoms with E-state index in [-0.39, 0.29) is 5.91 Å². The molecule has 2 aromatic heterocycles. The smallest absolute Gasteiger partial charge is 0.253 e. The number of carbonyl (C=O) groups excluding carboxylic acids is 1. The molecule has 0 radical (unpaired) electrons. The van der Waals surface area contributed by atoms with Gasteiger partial charge < -0.3 is 13.9 Å². The zero-order chi connectivity index (χ0) is 21.5. The second-order valence-electron chi connectivity index (χ2n) is 8.89. The fraction of sp³-hybridized carbons (Fsp3) is 0.360. The zero-order valence-corrected chi connectivity index (χ0v) is 17.7. The molecule has 1 aliphatic carbocycles. The van der Waals surface area contributed by atoms with Crippen molar-refractivity contribution in [3.05, 3.63) is 65.8 Å². The maximum absolute atomic E-state index is 13.3. The Bertz CT molecular complexity index is 1260. The van der Waals surface area contributed by atoms with Gasteiger partial charge in [0.2, 0.25) is 5.89 Å². The van der Waals surface area contributed by atoms with Crippen LogP contribution in [-0.2, 0) is 6.42 Å². The van der Waals surface area contributed by atoms with Crippen molar-refractivity contribution in [1.82, 2.24) is 20.2 Å². The molecule has 1 atom stereocenters. The summed E-state index contributed by atoms with van der Waals surface area (Å²) in [6.45, 7) is 1.47. The maximum atomic E-state index is 13.3. The summed E-state index contributed by atoms with van der Waals surface area (Å²) in [5.74, 6) is 3.10. The van der Waals surface area contributed by atoms with Crippen molar-refractivity contribution in [2.75, 3.05) is 13.1 Å². The van der Waals surface area contributed by atoms with E-state index < -0.39 is 0 Å². The van der Waals surface area contributed by atoms with Crippen LogP contribution in [0.4, 0.5) is 0 Å². The summed E-state index contributed by atoms with van der Waals surface area (Å²) in [5.41, 5.74) is 2.36. The number of rotatable bonds is 5. The van der Waals surface area contributed by atoms with E-state index in [4.69, 9.17) is 9.05 Å². The molecule has 1 unspecified atom stereocenters. The van der Waals surface area contributed by atoms with Crippen molar-refractivity contribution in [3.8, 4) is 11.3 Å². The van der Waals surface area contributed by atoms with Gasteiger partial charge in [0, 0.05) is 36.6 Å². The van der Waals surface area contributed by atoms with Crippen LogP contribution in [-0.4, -0.2) is 39.2 Å². The first-order valence-electron chi connectivity index (χ1n) is 11.3. The van der Waals surface area contributed by atoms with Gasteiger partial charge >= 0.3 is 0 Å². The molecule has 2 fully saturated rings. The second kappa shape index (κ2) is 7.89. The summed E-state index contributed by atoms with van der Waals surface area (Å²) >= 11 is 0. The molecule has 0 spiro atoms. The van der Waals surface area contributed by atoms with Crippen molar-refractivity contribution in [1.29, 1.82) is 0 Å². The molecular formula is C25H24N4O3. The Hall–Kier alpha value is -3.48. The average Bonchev–Trinajstić information content (AvgIpc) is 3.44. The van der Waals surface area contributed by atoms with E-state index in [0.29, 0.717) is 35.6 Å². The summed E-state index contributed by atoms with van der Waals surface area (Å²) in [4.78, 5) is 19.8. The van der Waals surface area contributed by atoms with Crippen LogP contribution in [0.2, 0.25) is 0 Å². The van der Waals surface area contributed by atoms with Gasteiger partial charge in [-0.25, -0.2) is 0 Å². The predicted octanol–water partition coefficient (Wildman–Crippen LogP) is 4.85. The highest BCUT2D eigenvalue weighted by atomic mass is 16.5. The molecule has 2 aliphatic rings. The van der Waals surface area contributed by atoms with E-state index in [0.717, 1.165) is 60.9 Å². The Kier molecular flexibility index (Phi) is 4.74. The lowest BCUT2D eigenvalue weighted by molar-refractivity contribution is 0.0668. The first-order chi connectivity index (χ1) is 15.7. The number of benzene rings is 2. The molecule has 4 aromatic rings. The number of carbonyl (C=O) groups is 1. The number of nitrogens with zero attached hydrogens (tertiary/aromatic N) is 4. The number of aromatic nitrogens is 3. The molecular weight excluding hydrogens is 404 g/mol. The first kappa shape index (κ1) is 19.2. The number of piperidine rings is 1. The van der Waals surface area contributed by atoms with Gasteiger partial charge in [-0.3, -0.25) is 4.79 Å². The molecule has 7 heteroatoms. The summed E-state index contributed by atoms with van der Waals surface area (Å²) in [7, 11) is 0. The minimum absolute atomic E-state index is 0.0426. The van der Waals surface area contributed by atoms with Crippen LogP contribution in [0.25, 0.3) is 22.2 Å². The third kappa shape index (κ3) is 3.68. The van der Waals surface area contributed by atoms with Crippen LogP contribution in [0.3, 0.4) is 0 Å². The largest absolute Gasteiger partial charge is 0.355 e. The van der Waals surface area contributed by atoms with E-state index in [1.54, 1.807) is 0 Å². The van der Waals surface area contributed by atoms with Gasteiger partial charge in [0.05, 0.1) is 5.39 Å². The molecule has 6 rings (SSSR count). The van der Waals surface area contributed by atoms with Gasteiger partial charge in [-0.05, 0) is 49.8 Å². The Labute approximate surface area is 185 Å². The van der Waals surface area contributed by atoms with Crippen LogP contribution >= 0.6 is 0 Å². The SMILES string of the molecule is O=C(c1ccc2noc(-c3ccccc3)c2c1)N1CCCC(Cc2nc(C3CC3)no2)C1. The molecule has 162 valence electrons. The lowest BCUT2D eigenvalue weighted by Crippen LogP contribution is -2.40. The van der Waals surface area contributed by atoms with E-state index in [2.05, 4.69) is 15.3 Å². The van der Waals surface area contributed by atoms with E-state index in [1.807, 2.05) is 53.4 Å². The molecule has 2 aromatic carbocycles. The molecule has 1 amide bonds. The molecule has 3 heterocycles. The van der Waals surface area contributed by atoms with Crippen molar-refractivity contribution < 1.29 is 13.8 Å². The van der Waals surface area contributed by atoms with Crippen molar-refractivity contribution in [3.63, 3.8) is 0 Å². The summed E-state index contributed by atoms with van der Waals surface area (Å²) in [5, 5.41) is 9.14. The van der Waals surface area contributed by atoms with Crippen LogP contribution in [0, 0.1) is 5.92 Å².